The molecule has 5 heteroatoms. The zero-order valence-corrected chi connectivity index (χ0v) is 14.3. The number of benzene rings is 1. The van der Waals surface area contributed by atoms with Crippen LogP contribution in [0.4, 0.5) is 10.1 Å². The molecular weight excluding hydrogens is 335 g/mol. The zero-order chi connectivity index (χ0) is 15.8. The Kier molecular flexibility index (Phi) is 7.89. The van der Waals surface area contributed by atoms with Gasteiger partial charge in [0.05, 0.1) is 5.33 Å². The number of hydrogen-bond acceptors (Lipinski definition) is 2. The molecule has 2 N–H and O–H groups in total. The van der Waals surface area contributed by atoms with Crippen LogP contribution in [0.15, 0.2) is 18.2 Å². The molecule has 0 aliphatic carbocycles. The summed E-state index contributed by atoms with van der Waals surface area (Å²) in [6.45, 7) is 4.34. The van der Waals surface area contributed by atoms with Gasteiger partial charge in [-0.3, -0.25) is 4.79 Å². The van der Waals surface area contributed by atoms with Gasteiger partial charge in [0.1, 0.15) is 5.82 Å². The Morgan fingerprint density at radius 2 is 1.95 bits per heavy atom. The summed E-state index contributed by atoms with van der Waals surface area (Å²) in [4.78, 5) is 14.1. The molecule has 0 saturated heterocycles. The van der Waals surface area contributed by atoms with Crippen LogP contribution in [-0.4, -0.2) is 17.3 Å². The summed E-state index contributed by atoms with van der Waals surface area (Å²) in [5.41, 5.74) is 6.74. The minimum absolute atomic E-state index is 0.00326. The van der Waals surface area contributed by atoms with E-state index >= 15 is 0 Å². The lowest BCUT2D eigenvalue weighted by Crippen LogP contribution is -2.41. The van der Waals surface area contributed by atoms with E-state index in [1.165, 1.54) is 6.07 Å². The second kappa shape index (κ2) is 9.15. The predicted octanol–water partition coefficient (Wildman–Crippen LogP) is 3.98. The molecule has 3 nitrogen and oxygen atoms in total. The molecule has 1 amide bonds. The van der Waals surface area contributed by atoms with E-state index in [-0.39, 0.29) is 29.6 Å². The third kappa shape index (κ3) is 4.78. The van der Waals surface area contributed by atoms with Crippen LogP contribution in [0.1, 0.15) is 45.1 Å². The van der Waals surface area contributed by atoms with Crippen molar-refractivity contribution in [2.75, 3.05) is 10.2 Å². The highest BCUT2D eigenvalue weighted by molar-refractivity contribution is 9.09. The third-order valence-electron chi connectivity index (χ3n) is 3.52. The highest BCUT2D eigenvalue weighted by atomic mass is 79.9. The number of nitrogens with zero attached hydrogens (tertiary/aromatic N) is 1. The van der Waals surface area contributed by atoms with Crippen molar-refractivity contribution in [3.63, 3.8) is 0 Å². The van der Waals surface area contributed by atoms with Crippen LogP contribution in [0.2, 0.25) is 0 Å². The number of carbonyl (C=O) groups excluding carboxylic acids is 1. The number of hydrogen-bond donors (Lipinski definition) is 1. The van der Waals surface area contributed by atoms with Gasteiger partial charge < -0.3 is 10.6 Å². The molecule has 0 unspecified atom stereocenters. The fraction of sp³-hybridized carbons (Fsp3) is 0.562. The second-order valence-electron chi connectivity index (χ2n) is 5.11. The van der Waals surface area contributed by atoms with Crippen LogP contribution in [0.3, 0.4) is 0 Å². The summed E-state index contributed by atoms with van der Waals surface area (Å²) >= 11 is 3.24. The summed E-state index contributed by atoms with van der Waals surface area (Å²) in [6, 6.07) is 4.88. The monoisotopic (exact) mass is 358 g/mol. The lowest BCUT2D eigenvalue weighted by molar-refractivity contribution is -0.116. The minimum Gasteiger partial charge on any atom is -0.326 e. The molecule has 21 heavy (non-hydrogen) atoms. The number of halogens is 2. The summed E-state index contributed by atoms with van der Waals surface area (Å²) in [5.74, 6) is -0.327. The fourth-order valence-corrected chi connectivity index (χ4v) is 2.83. The maximum absolute atomic E-state index is 13.6. The van der Waals surface area contributed by atoms with Crippen LogP contribution in [0.5, 0.6) is 0 Å². The molecule has 0 spiro atoms. The van der Waals surface area contributed by atoms with Crippen LogP contribution < -0.4 is 10.6 Å². The molecule has 0 fully saturated rings. The largest absolute Gasteiger partial charge is 0.326 e. The fourth-order valence-electron chi connectivity index (χ4n) is 2.56. The third-order valence-corrected chi connectivity index (χ3v) is 4.00. The first-order chi connectivity index (χ1) is 10.1. The molecule has 1 aromatic carbocycles. The first-order valence-corrected chi connectivity index (χ1v) is 8.57. The van der Waals surface area contributed by atoms with Gasteiger partial charge in [-0.2, -0.15) is 0 Å². The van der Waals surface area contributed by atoms with E-state index in [0.29, 0.717) is 5.56 Å². The molecule has 0 aliphatic rings. The van der Waals surface area contributed by atoms with Gasteiger partial charge in [0.2, 0.25) is 5.91 Å². The van der Waals surface area contributed by atoms with E-state index in [1.807, 2.05) is 0 Å². The smallest absolute Gasteiger partial charge is 0.237 e. The Balaban J connectivity index is 3.20. The molecule has 0 radical (unpaired) electrons. The molecule has 0 atom stereocenters. The summed E-state index contributed by atoms with van der Waals surface area (Å²) < 4.78 is 13.6. The normalized spacial score (nSPS) is 11.0. The number of rotatable bonds is 8. The van der Waals surface area contributed by atoms with Gasteiger partial charge in [-0.25, -0.2) is 4.39 Å². The summed E-state index contributed by atoms with van der Waals surface area (Å²) in [5, 5.41) is 0.256. The van der Waals surface area contributed by atoms with Gasteiger partial charge in [0.25, 0.3) is 0 Å². The molecular formula is C16H24BrFN2O. The zero-order valence-electron chi connectivity index (χ0n) is 12.7. The first kappa shape index (κ1) is 18.1. The van der Waals surface area contributed by atoms with Crippen LogP contribution >= 0.6 is 15.9 Å². The minimum atomic E-state index is -0.324. The van der Waals surface area contributed by atoms with Gasteiger partial charge in [-0.05, 0) is 31.0 Å². The number of nitrogens with two attached hydrogens (primary N) is 1. The van der Waals surface area contributed by atoms with Crippen molar-refractivity contribution >= 4 is 27.5 Å². The Hall–Kier alpha value is -0.940. The standard InChI is InChI=1S/C16H24BrFN2O/c1-3-5-13(6-4-2)20(16(21)10-17)14-7-8-15(18)12(9-14)11-19/h7-9,13H,3-6,10-11,19H2,1-2H3. The Bertz CT molecular complexity index is 462. The van der Waals surface area contributed by atoms with Crippen molar-refractivity contribution in [2.45, 2.75) is 52.1 Å². The van der Waals surface area contributed by atoms with Crippen LogP contribution in [-0.2, 0) is 11.3 Å². The Morgan fingerprint density at radius 1 is 1.33 bits per heavy atom. The lowest BCUT2D eigenvalue weighted by Gasteiger charge is -2.32. The molecule has 118 valence electrons. The number of anilines is 1. The van der Waals surface area contributed by atoms with E-state index in [0.717, 1.165) is 31.4 Å². The number of alkyl halides is 1. The molecule has 1 aromatic rings. The summed E-state index contributed by atoms with van der Waals surface area (Å²) in [6.07, 6.45) is 3.87. The van der Waals surface area contributed by atoms with Gasteiger partial charge in [0.15, 0.2) is 0 Å². The van der Waals surface area contributed by atoms with Gasteiger partial charge in [0, 0.05) is 23.8 Å². The van der Waals surface area contributed by atoms with Gasteiger partial charge in [-0.1, -0.05) is 42.6 Å². The van der Waals surface area contributed by atoms with E-state index in [2.05, 4.69) is 29.8 Å². The number of carbonyl (C=O) groups is 1. The van der Waals surface area contributed by atoms with E-state index in [1.54, 1.807) is 17.0 Å². The van der Waals surface area contributed by atoms with Crippen molar-refractivity contribution in [3.8, 4) is 0 Å². The van der Waals surface area contributed by atoms with E-state index in [9.17, 15) is 9.18 Å². The maximum Gasteiger partial charge on any atom is 0.237 e. The van der Waals surface area contributed by atoms with Crippen molar-refractivity contribution in [1.29, 1.82) is 0 Å². The first-order valence-electron chi connectivity index (χ1n) is 7.45. The van der Waals surface area contributed by atoms with E-state index < -0.39 is 0 Å². The Labute approximate surface area is 134 Å². The van der Waals surface area contributed by atoms with E-state index in [4.69, 9.17) is 5.73 Å². The molecule has 0 heterocycles. The molecule has 0 bridgehead atoms. The summed E-state index contributed by atoms with van der Waals surface area (Å²) in [7, 11) is 0. The Morgan fingerprint density at radius 3 is 2.43 bits per heavy atom. The number of amides is 1. The van der Waals surface area contributed by atoms with Gasteiger partial charge >= 0.3 is 0 Å². The van der Waals surface area contributed by atoms with Gasteiger partial charge in [-0.15, -0.1) is 0 Å². The van der Waals surface area contributed by atoms with Crippen LogP contribution in [0, 0.1) is 5.82 Å². The highest BCUT2D eigenvalue weighted by Crippen LogP contribution is 2.25. The van der Waals surface area contributed by atoms with Crippen molar-refractivity contribution in [3.05, 3.63) is 29.6 Å². The average molecular weight is 359 g/mol. The SMILES string of the molecule is CCCC(CCC)N(C(=O)CBr)c1ccc(F)c(CN)c1. The average Bonchev–Trinajstić information content (AvgIpc) is 2.49. The second-order valence-corrected chi connectivity index (χ2v) is 5.67. The maximum atomic E-state index is 13.6. The molecule has 1 rings (SSSR count). The highest BCUT2D eigenvalue weighted by Gasteiger charge is 2.24. The van der Waals surface area contributed by atoms with Crippen molar-refractivity contribution in [1.82, 2.24) is 0 Å². The quantitative estimate of drug-likeness (QED) is 0.714. The molecule has 0 aromatic heterocycles. The van der Waals surface area contributed by atoms with Crippen molar-refractivity contribution in [2.24, 2.45) is 5.73 Å². The lowest BCUT2D eigenvalue weighted by atomic mass is 10.0. The predicted molar refractivity (Wildman–Crippen MR) is 89.2 cm³/mol. The molecule has 0 aliphatic heterocycles. The topological polar surface area (TPSA) is 46.3 Å². The molecule has 0 saturated carbocycles. The van der Waals surface area contributed by atoms with Crippen molar-refractivity contribution < 1.29 is 9.18 Å². The van der Waals surface area contributed by atoms with Crippen LogP contribution in [0.25, 0.3) is 0 Å².